The van der Waals surface area contributed by atoms with Crippen molar-refractivity contribution < 1.29 is 22.8 Å². The van der Waals surface area contributed by atoms with Crippen LogP contribution >= 0.6 is 23.1 Å². The van der Waals surface area contributed by atoms with Gasteiger partial charge < -0.3 is 16.0 Å². The molecule has 0 fully saturated rings. The van der Waals surface area contributed by atoms with Gasteiger partial charge in [-0.2, -0.15) is 13.2 Å². The number of nitrogen functional groups attached to an aromatic ring is 1. The molecule has 1 aliphatic rings. The van der Waals surface area contributed by atoms with Gasteiger partial charge in [0.05, 0.1) is 20.5 Å². The molecule has 4 N–H and O–H groups in total. The molecule has 0 saturated carbocycles. The van der Waals surface area contributed by atoms with E-state index in [9.17, 15) is 22.8 Å². The average molecular weight is 352 g/mol. The maximum Gasteiger partial charge on any atom is 0.405 e. The minimum atomic E-state index is -4.51. The van der Waals surface area contributed by atoms with Crippen LogP contribution < -0.4 is 16.0 Å². The van der Waals surface area contributed by atoms with Gasteiger partial charge in [0.25, 0.3) is 0 Å². The summed E-state index contributed by atoms with van der Waals surface area (Å²) in [5.74, 6) is -1.38. The fraction of sp³-hybridized carbons (Fsp3) is 0.364. The Bertz CT molecular complexity index is 629. The van der Waals surface area contributed by atoms with E-state index in [-0.39, 0.29) is 17.5 Å². The van der Waals surface area contributed by atoms with Crippen molar-refractivity contribution in [2.75, 3.05) is 23.7 Å². The molecule has 0 radical (unpaired) electrons. The first-order chi connectivity index (χ1) is 10.2. The van der Waals surface area contributed by atoms with Gasteiger partial charge in [-0.15, -0.1) is 23.1 Å². The number of nitrogens with two attached hydrogens (primary N) is 1. The lowest BCUT2D eigenvalue weighted by Gasteiger charge is -2.25. The minimum absolute atomic E-state index is 0.0808. The molecular formula is C11H11F3N4O2S2. The predicted molar refractivity (Wildman–Crippen MR) is 77.5 cm³/mol. The number of amidine groups is 1. The van der Waals surface area contributed by atoms with Crippen LogP contribution in [0.1, 0.15) is 4.88 Å². The fourth-order valence-corrected chi connectivity index (χ4v) is 3.86. The van der Waals surface area contributed by atoms with Crippen LogP contribution in [0.4, 0.5) is 18.9 Å². The first kappa shape index (κ1) is 16.6. The van der Waals surface area contributed by atoms with Gasteiger partial charge in [-0.3, -0.25) is 15.0 Å². The number of carbonyl (C=O) groups is 2. The summed E-state index contributed by atoms with van der Waals surface area (Å²) in [6.45, 7) is -1.95. The molecule has 2 rings (SSSR count). The van der Waals surface area contributed by atoms with E-state index in [4.69, 9.17) is 11.1 Å². The first-order valence-corrected chi connectivity index (χ1v) is 7.72. The van der Waals surface area contributed by atoms with Crippen molar-refractivity contribution in [3.8, 4) is 0 Å². The Morgan fingerprint density at radius 1 is 1.50 bits per heavy atom. The molecule has 1 aromatic rings. The molecule has 1 aliphatic heterocycles. The van der Waals surface area contributed by atoms with E-state index >= 15 is 0 Å². The Labute approximate surface area is 131 Å². The lowest BCUT2D eigenvalue weighted by atomic mass is 10.3. The van der Waals surface area contributed by atoms with Crippen LogP contribution in [0.15, 0.2) is 10.3 Å². The topological polar surface area (TPSA) is 99.3 Å². The van der Waals surface area contributed by atoms with Crippen molar-refractivity contribution in [1.82, 2.24) is 5.32 Å². The molecule has 0 unspecified atom stereocenters. The summed E-state index contributed by atoms with van der Waals surface area (Å²) in [4.78, 5) is 25.0. The maximum absolute atomic E-state index is 12.1. The summed E-state index contributed by atoms with van der Waals surface area (Å²) in [7, 11) is 0. The van der Waals surface area contributed by atoms with Crippen LogP contribution in [0, 0.1) is 5.41 Å². The number of anilines is 1. The third-order valence-electron chi connectivity index (χ3n) is 2.65. The Hall–Kier alpha value is -1.75. The summed E-state index contributed by atoms with van der Waals surface area (Å²) < 4.78 is 36.9. The molecule has 2 amide bonds. The quantitative estimate of drug-likeness (QED) is 0.559. The molecule has 0 bridgehead atoms. The Morgan fingerprint density at radius 2 is 2.18 bits per heavy atom. The number of fused-ring (bicyclic) bond motifs is 1. The number of halogens is 3. The number of rotatable bonds is 4. The number of thioether (sulfide) groups is 1. The number of nitrogens with zero attached hydrogens (tertiary/aromatic N) is 1. The van der Waals surface area contributed by atoms with Gasteiger partial charge in [0, 0.05) is 0 Å². The molecule has 0 aliphatic carbocycles. The molecule has 1 aromatic heterocycles. The maximum atomic E-state index is 12.1. The van der Waals surface area contributed by atoms with E-state index in [1.807, 2.05) is 0 Å². The second-order valence-electron chi connectivity index (χ2n) is 4.36. The highest BCUT2D eigenvalue weighted by molar-refractivity contribution is 8.02. The molecule has 11 heteroatoms. The van der Waals surface area contributed by atoms with Crippen LogP contribution in [0.2, 0.25) is 0 Å². The summed E-state index contributed by atoms with van der Waals surface area (Å²) >= 11 is 2.45. The molecule has 6 nitrogen and oxygen atoms in total. The smallest absolute Gasteiger partial charge is 0.383 e. The van der Waals surface area contributed by atoms with Crippen LogP contribution in [-0.4, -0.2) is 42.7 Å². The highest BCUT2D eigenvalue weighted by atomic mass is 32.2. The lowest BCUT2D eigenvalue weighted by Crippen LogP contribution is -2.45. The van der Waals surface area contributed by atoms with E-state index in [2.05, 4.69) is 0 Å². The highest BCUT2D eigenvalue weighted by Gasteiger charge is 2.31. The van der Waals surface area contributed by atoms with Crippen LogP contribution in [0.5, 0.6) is 0 Å². The number of nitrogens with one attached hydrogen (secondary N) is 2. The fourth-order valence-electron chi connectivity index (χ4n) is 1.70. The normalized spacial score (nSPS) is 14.7. The largest absolute Gasteiger partial charge is 0.405 e. The molecule has 2 heterocycles. The first-order valence-electron chi connectivity index (χ1n) is 5.92. The zero-order valence-corrected chi connectivity index (χ0v) is 12.6. The highest BCUT2D eigenvalue weighted by Crippen LogP contribution is 2.41. The van der Waals surface area contributed by atoms with E-state index in [1.165, 1.54) is 29.2 Å². The van der Waals surface area contributed by atoms with Gasteiger partial charge in [-0.1, -0.05) is 0 Å². The van der Waals surface area contributed by atoms with Gasteiger partial charge in [0.15, 0.2) is 0 Å². The van der Waals surface area contributed by atoms with Crippen molar-refractivity contribution in [1.29, 1.82) is 5.41 Å². The molecule has 0 atom stereocenters. The Balaban J connectivity index is 2.12. The third kappa shape index (κ3) is 3.91. The van der Waals surface area contributed by atoms with Crippen molar-refractivity contribution in [3.05, 3.63) is 10.9 Å². The van der Waals surface area contributed by atoms with E-state index in [1.54, 1.807) is 5.32 Å². The lowest BCUT2D eigenvalue weighted by molar-refractivity contribution is -0.137. The zero-order valence-electron chi connectivity index (χ0n) is 11.0. The van der Waals surface area contributed by atoms with Crippen molar-refractivity contribution in [2.24, 2.45) is 5.73 Å². The Morgan fingerprint density at radius 3 is 2.77 bits per heavy atom. The van der Waals surface area contributed by atoms with Gasteiger partial charge in [-0.05, 0) is 6.07 Å². The number of hydrogen-bond donors (Lipinski definition) is 3. The Kier molecular flexibility index (Phi) is 4.66. The van der Waals surface area contributed by atoms with Crippen LogP contribution in [0.25, 0.3) is 0 Å². The number of amides is 2. The van der Waals surface area contributed by atoms with Gasteiger partial charge in [0.2, 0.25) is 11.8 Å². The molecule has 0 aromatic carbocycles. The summed E-state index contributed by atoms with van der Waals surface area (Å²) in [6, 6.07) is 1.49. The second kappa shape index (κ2) is 6.16. The van der Waals surface area contributed by atoms with E-state index < -0.39 is 25.2 Å². The standard InChI is InChI=1S/C11H11F3N4O2S2/c12-11(13,14)4-17-7(19)2-18-5-1-6(9(15)16)22-10(5)21-3-8(18)20/h1H,2-4H2,(H3,15,16)(H,17,19). The summed E-state index contributed by atoms with van der Waals surface area (Å²) in [5.41, 5.74) is 5.78. The zero-order chi connectivity index (χ0) is 16.5. The van der Waals surface area contributed by atoms with Crippen LogP contribution in [0.3, 0.4) is 0 Å². The van der Waals surface area contributed by atoms with E-state index in [0.717, 1.165) is 4.90 Å². The molecule has 0 spiro atoms. The van der Waals surface area contributed by atoms with Gasteiger partial charge in [-0.25, -0.2) is 0 Å². The third-order valence-corrected chi connectivity index (χ3v) is 5.07. The predicted octanol–water partition coefficient (Wildman–Crippen LogP) is 1.15. The number of hydrogen-bond acceptors (Lipinski definition) is 5. The number of thiophene rings is 1. The second-order valence-corrected chi connectivity index (χ2v) is 6.65. The molecule has 22 heavy (non-hydrogen) atoms. The molecule has 0 saturated heterocycles. The van der Waals surface area contributed by atoms with Gasteiger partial charge in [0.1, 0.15) is 18.9 Å². The number of alkyl halides is 3. The van der Waals surface area contributed by atoms with Crippen LogP contribution in [-0.2, 0) is 9.59 Å². The summed E-state index contributed by atoms with van der Waals surface area (Å²) in [5, 5.41) is 9.10. The van der Waals surface area contributed by atoms with Crippen molar-refractivity contribution in [3.63, 3.8) is 0 Å². The van der Waals surface area contributed by atoms with E-state index in [0.29, 0.717) is 14.8 Å². The minimum Gasteiger partial charge on any atom is -0.383 e. The average Bonchev–Trinajstić information content (AvgIpc) is 2.83. The number of carbonyl (C=O) groups excluding carboxylic acids is 2. The van der Waals surface area contributed by atoms with Gasteiger partial charge >= 0.3 is 6.18 Å². The molecular weight excluding hydrogens is 341 g/mol. The SMILES string of the molecule is N=C(N)c1cc2c(s1)SCC(=O)N2CC(=O)NCC(F)(F)F. The van der Waals surface area contributed by atoms with Crippen molar-refractivity contribution in [2.45, 2.75) is 10.4 Å². The summed E-state index contributed by atoms with van der Waals surface area (Å²) in [6.07, 6.45) is -4.51. The van der Waals surface area contributed by atoms with Crippen molar-refractivity contribution >= 4 is 46.4 Å². The monoisotopic (exact) mass is 352 g/mol. The molecule has 120 valence electrons.